The van der Waals surface area contributed by atoms with Crippen molar-refractivity contribution in [2.75, 3.05) is 5.32 Å². The van der Waals surface area contributed by atoms with Crippen LogP contribution in [0, 0.1) is 0 Å². The van der Waals surface area contributed by atoms with Gasteiger partial charge < -0.3 is 11.1 Å². The summed E-state index contributed by atoms with van der Waals surface area (Å²) in [5, 5.41) is 2.75. The molecule has 0 saturated carbocycles. The van der Waals surface area contributed by atoms with Crippen molar-refractivity contribution < 1.29 is 4.79 Å². The van der Waals surface area contributed by atoms with Gasteiger partial charge >= 0.3 is 0 Å². The number of carbonyl (C=O) groups is 1. The lowest BCUT2D eigenvalue weighted by Crippen LogP contribution is -2.10. The molecule has 0 unspecified atom stereocenters. The van der Waals surface area contributed by atoms with E-state index in [9.17, 15) is 4.79 Å². The predicted molar refractivity (Wildman–Crippen MR) is 86.3 cm³/mol. The number of rotatable bonds is 5. The fraction of sp³-hybridized carbons (Fsp3) is 0.250. The highest BCUT2D eigenvalue weighted by Gasteiger charge is 2.05. The summed E-state index contributed by atoms with van der Waals surface area (Å²) in [6.07, 6.45) is 2.72. The van der Waals surface area contributed by atoms with Crippen LogP contribution in [0.3, 0.4) is 0 Å². The van der Waals surface area contributed by atoms with Crippen molar-refractivity contribution in [3.63, 3.8) is 0 Å². The molecule has 21 heavy (non-hydrogen) atoms. The molecule has 110 valence electrons. The molecule has 0 fully saturated rings. The second kappa shape index (κ2) is 7.24. The van der Waals surface area contributed by atoms with Gasteiger partial charge in [0.25, 0.3) is 0 Å². The van der Waals surface area contributed by atoms with E-state index in [0.29, 0.717) is 0 Å². The number of nitrogens with one attached hydrogen (secondary N) is 1. The number of hydrogen-bond donors (Lipinski definition) is 2. The van der Waals surface area contributed by atoms with Gasteiger partial charge in [0.2, 0.25) is 5.91 Å². The van der Waals surface area contributed by atoms with Crippen LogP contribution < -0.4 is 11.1 Å². The molecule has 0 saturated heterocycles. The second-order valence-corrected chi connectivity index (χ2v) is 5.89. The third-order valence-electron chi connectivity index (χ3n) is 2.99. The zero-order valence-corrected chi connectivity index (χ0v) is 13.0. The van der Waals surface area contributed by atoms with Crippen molar-refractivity contribution in [2.24, 2.45) is 5.73 Å². The molecular formula is C16H19N3OS. The number of aromatic nitrogens is 1. The second-order valence-electron chi connectivity index (χ2n) is 4.74. The van der Waals surface area contributed by atoms with Gasteiger partial charge in [-0.2, -0.15) is 0 Å². The van der Waals surface area contributed by atoms with Gasteiger partial charge in [-0.25, -0.2) is 0 Å². The molecule has 3 N–H and O–H groups in total. The van der Waals surface area contributed by atoms with Crippen molar-refractivity contribution in [2.45, 2.75) is 36.1 Å². The molecule has 4 nitrogen and oxygen atoms in total. The van der Waals surface area contributed by atoms with Crippen LogP contribution in [0.2, 0.25) is 0 Å². The van der Waals surface area contributed by atoms with Crippen molar-refractivity contribution >= 4 is 23.4 Å². The summed E-state index contributed by atoms with van der Waals surface area (Å²) in [6.45, 7) is 3.54. The number of nitrogens with two attached hydrogens (primary N) is 1. The van der Waals surface area contributed by atoms with Crippen LogP contribution in [0.5, 0.6) is 0 Å². The summed E-state index contributed by atoms with van der Waals surface area (Å²) in [4.78, 5) is 17.5. The topological polar surface area (TPSA) is 68.0 Å². The highest BCUT2D eigenvalue weighted by Crippen LogP contribution is 2.28. The van der Waals surface area contributed by atoms with E-state index < -0.39 is 0 Å². The summed E-state index contributed by atoms with van der Waals surface area (Å²) >= 11 is 1.63. The highest BCUT2D eigenvalue weighted by atomic mass is 32.2. The monoisotopic (exact) mass is 301 g/mol. The number of amides is 1. The molecule has 1 amide bonds. The molecule has 2 aromatic rings. The quantitative estimate of drug-likeness (QED) is 0.885. The van der Waals surface area contributed by atoms with Crippen molar-refractivity contribution in [3.05, 3.63) is 48.3 Å². The van der Waals surface area contributed by atoms with Crippen LogP contribution >= 0.6 is 11.8 Å². The lowest BCUT2D eigenvalue weighted by molar-refractivity contribution is -0.114. The first-order valence-corrected chi connectivity index (χ1v) is 7.67. The average molecular weight is 301 g/mol. The maximum atomic E-state index is 11.0. The van der Waals surface area contributed by atoms with E-state index in [0.717, 1.165) is 27.6 Å². The van der Waals surface area contributed by atoms with E-state index >= 15 is 0 Å². The molecule has 2 rings (SSSR count). The van der Waals surface area contributed by atoms with E-state index in [4.69, 9.17) is 5.73 Å². The number of anilines is 1. The van der Waals surface area contributed by atoms with Gasteiger partial charge in [-0.3, -0.25) is 9.78 Å². The number of hydrogen-bond acceptors (Lipinski definition) is 4. The molecule has 0 aliphatic rings. The van der Waals surface area contributed by atoms with Crippen molar-refractivity contribution in [3.8, 4) is 0 Å². The number of pyridine rings is 1. The molecule has 0 radical (unpaired) electrons. The molecule has 1 aromatic heterocycles. The zero-order chi connectivity index (χ0) is 15.2. The number of nitrogens with zero attached hydrogens (tertiary/aromatic N) is 1. The van der Waals surface area contributed by atoms with Gasteiger partial charge in [0, 0.05) is 34.6 Å². The molecule has 0 spiro atoms. The Morgan fingerprint density at radius 3 is 2.43 bits per heavy atom. The Balaban J connectivity index is 2.02. The van der Waals surface area contributed by atoms with Gasteiger partial charge in [0.05, 0.1) is 5.69 Å². The minimum atomic E-state index is -0.0672. The molecule has 1 heterocycles. The van der Waals surface area contributed by atoms with Crippen LogP contribution in [-0.2, 0) is 4.79 Å². The van der Waals surface area contributed by atoms with Crippen molar-refractivity contribution in [1.29, 1.82) is 0 Å². The van der Waals surface area contributed by atoms with Gasteiger partial charge in [0.1, 0.15) is 0 Å². The van der Waals surface area contributed by atoms with Crippen LogP contribution in [-0.4, -0.2) is 10.9 Å². The fourth-order valence-corrected chi connectivity index (χ4v) is 2.61. The minimum absolute atomic E-state index is 0.000915. The van der Waals surface area contributed by atoms with Crippen LogP contribution in [0.1, 0.15) is 32.0 Å². The first-order valence-electron chi connectivity index (χ1n) is 6.85. The zero-order valence-electron chi connectivity index (χ0n) is 12.2. The summed E-state index contributed by atoms with van der Waals surface area (Å²) in [5.41, 5.74) is 7.67. The smallest absolute Gasteiger partial charge is 0.221 e. The molecule has 0 aliphatic heterocycles. The van der Waals surface area contributed by atoms with Crippen LogP contribution in [0.25, 0.3) is 0 Å². The summed E-state index contributed by atoms with van der Waals surface area (Å²) in [7, 11) is 0. The van der Waals surface area contributed by atoms with E-state index in [-0.39, 0.29) is 11.9 Å². The SMILES string of the molecule is CC[C@H](N)c1ccc(Sc2ccc(NC(C)=O)cc2)cn1. The third-order valence-corrected chi connectivity index (χ3v) is 3.97. The minimum Gasteiger partial charge on any atom is -0.326 e. The summed E-state index contributed by atoms with van der Waals surface area (Å²) in [6, 6.07) is 11.7. The van der Waals surface area contributed by atoms with Gasteiger partial charge in [-0.05, 0) is 42.8 Å². The Bertz CT molecular complexity index is 596. The average Bonchev–Trinajstić information content (AvgIpc) is 2.49. The predicted octanol–water partition coefficient (Wildman–Crippen LogP) is 3.60. The molecule has 5 heteroatoms. The largest absolute Gasteiger partial charge is 0.326 e. The fourth-order valence-electron chi connectivity index (χ4n) is 1.83. The highest BCUT2D eigenvalue weighted by molar-refractivity contribution is 7.99. The van der Waals surface area contributed by atoms with Gasteiger partial charge in [-0.15, -0.1) is 0 Å². The van der Waals surface area contributed by atoms with Crippen LogP contribution in [0.15, 0.2) is 52.4 Å². The molecular weight excluding hydrogens is 282 g/mol. The Morgan fingerprint density at radius 2 is 1.90 bits per heavy atom. The Morgan fingerprint density at radius 1 is 1.24 bits per heavy atom. The molecule has 0 bridgehead atoms. The Hall–Kier alpha value is -1.85. The maximum absolute atomic E-state index is 11.0. The lowest BCUT2D eigenvalue weighted by atomic mass is 10.1. The summed E-state index contributed by atoms with van der Waals surface area (Å²) < 4.78 is 0. The first-order chi connectivity index (χ1) is 10.1. The number of carbonyl (C=O) groups excluding carboxylic acids is 1. The first kappa shape index (κ1) is 15.5. The number of benzene rings is 1. The third kappa shape index (κ3) is 4.58. The molecule has 1 aromatic carbocycles. The lowest BCUT2D eigenvalue weighted by Gasteiger charge is -2.09. The van der Waals surface area contributed by atoms with E-state index in [1.54, 1.807) is 11.8 Å². The van der Waals surface area contributed by atoms with Gasteiger partial charge in [-0.1, -0.05) is 18.7 Å². The van der Waals surface area contributed by atoms with E-state index in [1.165, 1.54) is 6.92 Å². The van der Waals surface area contributed by atoms with Gasteiger partial charge in [0.15, 0.2) is 0 Å². The van der Waals surface area contributed by atoms with Crippen LogP contribution in [0.4, 0.5) is 5.69 Å². The maximum Gasteiger partial charge on any atom is 0.221 e. The standard InChI is InChI=1S/C16H19N3OS/c1-3-15(17)16-9-8-14(10-18-16)21-13-6-4-12(5-7-13)19-11(2)20/h4-10,15H,3,17H2,1-2H3,(H,19,20)/t15-/m0/s1. The molecule has 1 atom stereocenters. The normalized spacial score (nSPS) is 12.0. The Kier molecular flexibility index (Phi) is 5.36. The Labute approximate surface area is 129 Å². The van der Waals surface area contributed by atoms with E-state index in [1.807, 2.05) is 49.5 Å². The van der Waals surface area contributed by atoms with Crippen molar-refractivity contribution in [1.82, 2.24) is 4.98 Å². The molecule has 0 aliphatic carbocycles. The summed E-state index contributed by atoms with van der Waals surface area (Å²) in [5.74, 6) is -0.0672. The van der Waals surface area contributed by atoms with E-state index in [2.05, 4.69) is 10.3 Å².